The van der Waals surface area contributed by atoms with Crippen molar-refractivity contribution in [3.05, 3.63) is 70.8 Å². The number of thioether (sulfide) groups is 1. The molecule has 0 N–H and O–H groups in total. The molecule has 0 atom stereocenters. The minimum atomic E-state index is 0.724. The van der Waals surface area contributed by atoms with Gasteiger partial charge in [-0.3, -0.25) is 0 Å². The molecular weight excluding hydrogens is 300 g/mol. The lowest BCUT2D eigenvalue weighted by Crippen LogP contribution is -2.12. The molecule has 116 valence electrons. The van der Waals surface area contributed by atoms with Gasteiger partial charge in [-0.1, -0.05) is 30.3 Å². The van der Waals surface area contributed by atoms with Crippen molar-refractivity contribution in [1.29, 1.82) is 5.26 Å². The first-order valence-corrected chi connectivity index (χ1v) is 8.78. The van der Waals surface area contributed by atoms with Gasteiger partial charge in [-0.2, -0.15) is 5.26 Å². The van der Waals surface area contributed by atoms with Crippen molar-refractivity contribution in [1.82, 2.24) is 4.90 Å². The van der Waals surface area contributed by atoms with E-state index >= 15 is 0 Å². The molecule has 0 aliphatic carbocycles. The van der Waals surface area contributed by atoms with Crippen molar-refractivity contribution in [2.24, 2.45) is 0 Å². The first kappa shape index (κ1) is 15.9. The van der Waals surface area contributed by atoms with Gasteiger partial charge >= 0.3 is 0 Å². The monoisotopic (exact) mass is 320 g/mol. The molecule has 0 fully saturated rings. The third-order valence-corrected chi connectivity index (χ3v) is 5.14. The van der Waals surface area contributed by atoms with Crippen LogP contribution in [0.3, 0.4) is 0 Å². The molecule has 0 spiro atoms. The van der Waals surface area contributed by atoms with Crippen LogP contribution in [0.5, 0.6) is 0 Å². The second kappa shape index (κ2) is 7.04. The Labute approximate surface area is 142 Å². The van der Waals surface area contributed by atoms with Gasteiger partial charge in [0.1, 0.15) is 0 Å². The molecule has 1 heterocycles. The molecule has 3 heteroatoms. The van der Waals surface area contributed by atoms with Gasteiger partial charge < -0.3 is 4.90 Å². The third kappa shape index (κ3) is 3.50. The highest BCUT2D eigenvalue weighted by atomic mass is 32.2. The lowest BCUT2D eigenvalue weighted by molar-refractivity contribution is 0.417. The standard InChI is InChI=1S/C20H20N2S/c1-22(2)11-5-8-18-17-7-4-3-6-16(17)14-23-20-10-9-15(13-21)12-19(18)20/h3-4,6-10,12H,5,11,14H2,1-2H3. The average Bonchev–Trinajstić information content (AvgIpc) is 2.71. The molecule has 0 unspecified atom stereocenters. The van der Waals surface area contributed by atoms with Crippen LogP contribution in [0, 0.1) is 11.3 Å². The van der Waals surface area contributed by atoms with E-state index in [1.807, 2.05) is 23.9 Å². The van der Waals surface area contributed by atoms with Gasteiger partial charge in [0.15, 0.2) is 0 Å². The Morgan fingerprint density at radius 2 is 2.00 bits per heavy atom. The van der Waals surface area contributed by atoms with E-state index in [1.165, 1.54) is 27.2 Å². The Morgan fingerprint density at radius 3 is 2.78 bits per heavy atom. The molecule has 23 heavy (non-hydrogen) atoms. The highest BCUT2D eigenvalue weighted by Gasteiger charge is 2.18. The number of nitriles is 1. The Balaban J connectivity index is 2.12. The Hall–Kier alpha value is -2.02. The van der Waals surface area contributed by atoms with Crippen LogP contribution < -0.4 is 0 Å². The first-order valence-electron chi connectivity index (χ1n) is 7.79. The molecule has 0 saturated heterocycles. The maximum absolute atomic E-state index is 9.26. The van der Waals surface area contributed by atoms with Gasteiger partial charge in [0.05, 0.1) is 11.6 Å². The Kier molecular flexibility index (Phi) is 4.85. The smallest absolute Gasteiger partial charge is 0.0991 e. The predicted molar refractivity (Wildman–Crippen MR) is 97.4 cm³/mol. The summed E-state index contributed by atoms with van der Waals surface area (Å²) >= 11 is 1.85. The van der Waals surface area contributed by atoms with E-state index in [2.05, 4.69) is 61.5 Å². The summed E-state index contributed by atoms with van der Waals surface area (Å²) in [6.07, 6.45) is 3.32. The lowest BCUT2D eigenvalue weighted by Gasteiger charge is -2.13. The summed E-state index contributed by atoms with van der Waals surface area (Å²) in [6, 6.07) is 16.9. The summed E-state index contributed by atoms with van der Waals surface area (Å²) in [5.41, 5.74) is 5.84. The summed E-state index contributed by atoms with van der Waals surface area (Å²) in [5, 5.41) is 9.26. The van der Waals surface area contributed by atoms with Crippen LogP contribution in [0.15, 0.2) is 53.4 Å². The maximum Gasteiger partial charge on any atom is 0.0991 e. The van der Waals surface area contributed by atoms with Crippen LogP contribution >= 0.6 is 11.8 Å². The minimum absolute atomic E-state index is 0.724. The van der Waals surface area contributed by atoms with Crippen molar-refractivity contribution in [2.75, 3.05) is 20.6 Å². The van der Waals surface area contributed by atoms with Crippen LogP contribution in [-0.2, 0) is 5.75 Å². The predicted octanol–water partition coefficient (Wildman–Crippen LogP) is 4.55. The summed E-state index contributed by atoms with van der Waals surface area (Å²) in [7, 11) is 4.19. The van der Waals surface area contributed by atoms with Gasteiger partial charge in [-0.05, 0) is 61.0 Å². The highest BCUT2D eigenvalue weighted by molar-refractivity contribution is 7.98. The quantitative estimate of drug-likeness (QED) is 0.830. The summed E-state index contributed by atoms with van der Waals surface area (Å²) in [6.45, 7) is 1.02. The SMILES string of the molecule is CN(C)CCC=C1c2ccccc2CSc2ccc(C#N)cc21. The molecule has 0 radical (unpaired) electrons. The first-order chi connectivity index (χ1) is 11.2. The van der Waals surface area contributed by atoms with Crippen molar-refractivity contribution in [3.8, 4) is 6.07 Å². The lowest BCUT2D eigenvalue weighted by atomic mass is 9.92. The molecule has 1 aliphatic heterocycles. The average molecular weight is 320 g/mol. The molecule has 3 rings (SSSR count). The van der Waals surface area contributed by atoms with E-state index < -0.39 is 0 Å². The highest BCUT2D eigenvalue weighted by Crippen LogP contribution is 2.40. The van der Waals surface area contributed by atoms with Crippen molar-refractivity contribution < 1.29 is 0 Å². The van der Waals surface area contributed by atoms with E-state index in [4.69, 9.17) is 0 Å². The summed E-state index contributed by atoms with van der Waals surface area (Å²) < 4.78 is 0. The molecule has 2 nitrogen and oxygen atoms in total. The van der Waals surface area contributed by atoms with E-state index in [0.29, 0.717) is 0 Å². The molecule has 2 aromatic carbocycles. The van der Waals surface area contributed by atoms with Crippen molar-refractivity contribution >= 4 is 17.3 Å². The van der Waals surface area contributed by atoms with Crippen molar-refractivity contribution in [2.45, 2.75) is 17.1 Å². The van der Waals surface area contributed by atoms with Crippen molar-refractivity contribution in [3.63, 3.8) is 0 Å². The topological polar surface area (TPSA) is 27.0 Å². The zero-order valence-corrected chi connectivity index (χ0v) is 14.4. The van der Waals surface area contributed by atoms with Crippen LogP contribution in [0.1, 0.15) is 28.7 Å². The summed E-state index contributed by atoms with van der Waals surface area (Å²) in [5.74, 6) is 0.972. The molecule has 0 aromatic heterocycles. The van der Waals surface area contributed by atoms with Crippen LogP contribution in [0.25, 0.3) is 5.57 Å². The molecule has 1 aliphatic rings. The normalized spacial score (nSPS) is 15.0. The fourth-order valence-electron chi connectivity index (χ4n) is 2.83. The Bertz CT molecular complexity index is 784. The van der Waals surface area contributed by atoms with Gasteiger partial charge in [0, 0.05) is 17.2 Å². The molecular formula is C20H20N2S. The maximum atomic E-state index is 9.26. The number of fused-ring (bicyclic) bond motifs is 2. The second-order valence-corrected chi connectivity index (χ2v) is 7.00. The molecule has 0 amide bonds. The van der Waals surface area contributed by atoms with Crippen LogP contribution in [0.2, 0.25) is 0 Å². The second-order valence-electron chi connectivity index (χ2n) is 5.98. The zero-order chi connectivity index (χ0) is 16.2. The van der Waals surface area contributed by atoms with Crippen LogP contribution in [-0.4, -0.2) is 25.5 Å². The minimum Gasteiger partial charge on any atom is -0.309 e. The molecule has 0 saturated carbocycles. The zero-order valence-electron chi connectivity index (χ0n) is 13.5. The number of rotatable bonds is 3. The molecule has 2 aromatic rings. The van der Waals surface area contributed by atoms with E-state index in [9.17, 15) is 5.26 Å². The van der Waals surface area contributed by atoms with E-state index in [-0.39, 0.29) is 0 Å². The van der Waals surface area contributed by atoms with E-state index in [1.54, 1.807) is 0 Å². The van der Waals surface area contributed by atoms with Gasteiger partial charge in [-0.25, -0.2) is 0 Å². The number of hydrogen-bond donors (Lipinski definition) is 0. The number of hydrogen-bond acceptors (Lipinski definition) is 3. The third-order valence-electron chi connectivity index (χ3n) is 4.01. The van der Waals surface area contributed by atoms with Gasteiger partial charge in [-0.15, -0.1) is 11.8 Å². The Morgan fingerprint density at radius 1 is 1.17 bits per heavy atom. The summed E-state index contributed by atoms with van der Waals surface area (Å²) in [4.78, 5) is 3.46. The van der Waals surface area contributed by atoms with E-state index in [0.717, 1.165) is 24.3 Å². The fourth-order valence-corrected chi connectivity index (χ4v) is 3.88. The number of benzene rings is 2. The van der Waals surface area contributed by atoms with Crippen LogP contribution in [0.4, 0.5) is 0 Å². The van der Waals surface area contributed by atoms with Gasteiger partial charge in [0.2, 0.25) is 0 Å². The largest absolute Gasteiger partial charge is 0.309 e. The van der Waals surface area contributed by atoms with Gasteiger partial charge in [0.25, 0.3) is 0 Å². The molecule has 0 bridgehead atoms. The fraction of sp³-hybridized carbons (Fsp3) is 0.250. The number of nitrogens with zero attached hydrogens (tertiary/aromatic N) is 2.